The van der Waals surface area contributed by atoms with Crippen LogP contribution in [0.25, 0.3) is 10.2 Å². The number of nitrogens with zero attached hydrogens (tertiary/aromatic N) is 4. The Bertz CT molecular complexity index is 1100. The number of rotatable bonds is 5. The van der Waals surface area contributed by atoms with Gasteiger partial charge in [-0.15, -0.1) is 0 Å². The van der Waals surface area contributed by atoms with E-state index in [4.69, 9.17) is 9.47 Å². The van der Waals surface area contributed by atoms with E-state index in [2.05, 4.69) is 20.9 Å². The maximum Gasteiger partial charge on any atom is 0.297 e. The van der Waals surface area contributed by atoms with Crippen molar-refractivity contribution in [1.29, 1.82) is 0 Å². The standard InChI is InChI=1S/C19H22N4O3S2/c1-4-23-14(9-12(2)21-23)18(24)20-19-22(5-8-27-3)13-10-15-16(11-17(13)28-19)26-7-6-25-15/h9-11H,4-8H2,1-3H3. The van der Waals surface area contributed by atoms with Crippen LogP contribution in [-0.2, 0) is 13.1 Å². The SMILES string of the molecule is CCn1nc(C)cc1C(=O)N=c1sc2cc3c(cc2n1CCSC)OCCO3. The summed E-state index contributed by atoms with van der Waals surface area (Å²) in [5.41, 5.74) is 2.34. The molecule has 2 aromatic heterocycles. The molecule has 1 aromatic carbocycles. The van der Waals surface area contributed by atoms with Crippen LogP contribution in [0.15, 0.2) is 23.2 Å². The van der Waals surface area contributed by atoms with Crippen LogP contribution in [0, 0.1) is 6.92 Å². The van der Waals surface area contributed by atoms with Gasteiger partial charge in [0.05, 0.1) is 15.9 Å². The number of ether oxygens (including phenoxy) is 2. The number of amides is 1. The quantitative estimate of drug-likeness (QED) is 0.637. The summed E-state index contributed by atoms with van der Waals surface area (Å²) in [6.07, 6.45) is 2.07. The van der Waals surface area contributed by atoms with Gasteiger partial charge in [0.2, 0.25) is 0 Å². The predicted molar refractivity (Wildman–Crippen MR) is 112 cm³/mol. The zero-order valence-electron chi connectivity index (χ0n) is 16.1. The van der Waals surface area contributed by atoms with Crippen molar-refractivity contribution in [3.63, 3.8) is 0 Å². The summed E-state index contributed by atoms with van der Waals surface area (Å²) >= 11 is 3.25. The lowest BCUT2D eigenvalue weighted by molar-refractivity contribution is 0.0987. The summed E-state index contributed by atoms with van der Waals surface area (Å²) in [6.45, 7) is 6.33. The molecule has 0 unspecified atom stereocenters. The van der Waals surface area contributed by atoms with E-state index in [1.807, 2.05) is 26.0 Å². The molecule has 0 saturated heterocycles. The van der Waals surface area contributed by atoms with E-state index in [1.165, 1.54) is 11.3 Å². The number of thioether (sulfide) groups is 1. The topological polar surface area (TPSA) is 70.6 Å². The van der Waals surface area contributed by atoms with Gasteiger partial charge in [0.25, 0.3) is 5.91 Å². The highest BCUT2D eigenvalue weighted by molar-refractivity contribution is 7.98. The molecule has 0 atom stereocenters. The lowest BCUT2D eigenvalue weighted by Gasteiger charge is -2.18. The number of fused-ring (bicyclic) bond motifs is 2. The lowest BCUT2D eigenvalue weighted by Crippen LogP contribution is -2.19. The minimum absolute atomic E-state index is 0.274. The van der Waals surface area contributed by atoms with E-state index in [1.54, 1.807) is 22.5 Å². The van der Waals surface area contributed by atoms with E-state index >= 15 is 0 Å². The van der Waals surface area contributed by atoms with Crippen molar-refractivity contribution in [2.45, 2.75) is 26.9 Å². The minimum Gasteiger partial charge on any atom is -0.486 e. The number of hydrogen-bond donors (Lipinski definition) is 0. The van der Waals surface area contributed by atoms with Crippen LogP contribution in [0.4, 0.5) is 0 Å². The Kier molecular flexibility index (Phi) is 5.45. The summed E-state index contributed by atoms with van der Waals surface area (Å²) in [5.74, 6) is 2.14. The number of benzene rings is 1. The summed E-state index contributed by atoms with van der Waals surface area (Å²) in [5, 5.41) is 4.35. The van der Waals surface area contributed by atoms with Crippen LogP contribution in [-0.4, -0.2) is 45.5 Å². The largest absolute Gasteiger partial charge is 0.486 e. The monoisotopic (exact) mass is 418 g/mol. The molecule has 1 amide bonds. The van der Waals surface area contributed by atoms with Crippen molar-refractivity contribution in [1.82, 2.24) is 14.3 Å². The number of thiazole rings is 1. The fourth-order valence-corrected chi connectivity index (χ4v) is 4.62. The second-order valence-corrected chi connectivity index (χ2v) is 8.39. The molecule has 0 saturated carbocycles. The van der Waals surface area contributed by atoms with E-state index < -0.39 is 0 Å². The van der Waals surface area contributed by atoms with Crippen molar-refractivity contribution in [3.8, 4) is 11.5 Å². The van der Waals surface area contributed by atoms with Gasteiger partial charge in [-0.05, 0) is 26.2 Å². The van der Waals surface area contributed by atoms with Gasteiger partial charge in [0.1, 0.15) is 18.9 Å². The first kappa shape index (κ1) is 19.1. The number of aryl methyl sites for hydroxylation is 3. The van der Waals surface area contributed by atoms with Crippen LogP contribution in [0.3, 0.4) is 0 Å². The molecule has 0 radical (unpaired) electrons. The average Bonchev–Trinajstić information content (AvgIpc) is 3.24. The lowest BCUT2D eigenvalue weighted by atomic mass is 10.2. The van der Waals surface area contributed by atoms with E-state index in [0.29, 0.717) is 30.3 Å². The molecule has 1 aliphatic heterocycles. The molecule has 0 aliphatic carbocycles. The highest BCUT2D eigenvalue weighted by atomic mass is 32.2. The second-order valence-electron chi connectivity index (χ2n) is 6.40. The van der Waals surface area contributed by atoms with Gasteiger partial charge in [-0.25, -0.2) is 0 Å². The Morgan fingerprint density at radius 3 is 2.75 bits per heavy atom. The van der Waals surface area contributed by atoms with E-state index in [9.17, 15) is 4.79 Å². The Hall–Kier alpha value is -2.26. The molecule has 0 fully saturated rings. The fourth-order valence-electron chi connectivity index (χ4n) is 3.19. The Morgan fingerprint density at radius 1 is 1.29 bits per heavy atom. The molecular weight excluding hydrogens is 396 g/mol. The molecule has 1 aliphatic rings. The number of hydrogen-bond acceptors (Lipinski definition) is 6. The summed E-state index contributed by atoms with van der Waals surface area (Å²) in [6, 6.07) is 5.76. The number of carbonyl (C=O) groups is 1. The Morgan fingerprint density at radius 2 is 2.04 bits per heavy atom. The number of aromatic nitrogens is 3. The average molecular weight is 419 g/mol. The summed E-state index contributed by atoms with van der Waals surface area (Å²) in [7, 11) is 0. The van der Waals surface area contributed by atoms with Crippen LogP contribution < -0.4 is 14.3 Å². The Labute approximate surface area is 171 Å². The van der Waals surface area contributed by atoms with Gasteiger partial charge >= 0.3 is 0 Å². The van der Waals surface area contributed by atoms with E-state index in [0.717, 1.165) is 39.7 Å². The van der Waals surface area contributed by atoms with Gasteiger partial charge < -0.3 is 14.0 Å². The minimum atomic E-state index is -0.274. The van der Waals surface area contributed by atoms with Gasteiger partial charge in [-0.3, -0.25) is 9.48 Å². The Balaban J connectivity index is 1.84. The molecule has 4 rings (SSSR count). The molecule has 3 heterocycles. The molecule has 0 bridgehead atoms. The molecule has 0 spiro atoms. The first-order valence-corrected chi connectivity index (χ1v) is 11.4. The smallest absolute Gasteiger partial charge is 0.297 e. The summed E-state index contributed by atoms with van der Waals surface area (Å²) < 4.78 is 16.3. The highest BCUT2D eigenvalue weighted by Gasteiger charge is 2.18. The summed E-state index contributed by atoms with van der Waals surface area (Å²) in [4.78, 5) is 18.0. The number of carbonyl (C=O) groups excluding carboxylic acids is 1. The molecule has 9 heteroatoms. The molecular formula is C19H22N4O3S2. The first-order valence-electron chi connectivity index (χ1n) is 9.16. The third kappa shape index (κ3) is 3.56. The first-order chi connectivity index (χ1) is 13.6. The van der Waals surface area contributed by atoms with Crippen LogP contribution in [0.2, 0.25) is 0 Å². The van der Waals surface area contributed by atoms with E-state index in [-0.39, 0.29) is 5.91 Å². The predicted octanol–water partition coefficient (Wildman–Crippen LogP) is 3.10. The highest BCUT2D eigenvalue weighted by Crippen LogP contribution is 2.35. The van der Waals surface area contributed by atoms with Crippen molar-refractivity contribution in [2.75, 3.05) is 25.2 Å². The maximum absolute atomic E-state index is 12.9. The molecule has 0 N–H and O–H groups in total. The fraction of sp³-hybridized carbons (Fsp3) is 0.421. The van der Waals surface area contributed by atoms with Crippen molar-refractivity contribution >= 4 is 39.2 Å². The zero-order valence-corrected chi connectivity index (χ0v) is 17.7. The van der Waals surface area contributed by atoms with Gasteiger partial charge in [0, 0.05) is 31.0 Å². The van der Waals surface area contributed by atoms with Gasteiger partial charge in [-0.2, -0.15) is 21.9 Å². The molecule has 7 nitrogen and oxygen atoms in total. The van der Waals surface area contributed by atoms with Crippen LogP contribution >= 0.6 is 23.1 Å². The maximum atomic E-state index is 12.9. The second kappa shape index (κ2) is 8.00. The van der Waals surface area contributed by atoms with Gasteiger partial charge in [-0.1, -0.05) is 11.3 Å². The van der Waals surface area contributed by atoms with Crippen LogP contribution in [0.1, 0.15) is 23.1 Å². The van der Waals surface area contributed by atoms with Crippen molar-refractivity contribution < 1.29 is 14.3 Å². The van der Waals surface area contributed by atoms with Crippen molar-refractivity contribution in [2.24, 2.45) is 4.99 Å². The van der Waals surface area contributed by atoms with Crippen molar-refractivity contribution in [3.05, 3.63) is 34.4 Å². The van der Waals surface area contributed by atoms with Crippen LogP contribution in [0.5, 0.6) is 11.5 Å². The normalized spacial score (nSPS) is 14.0. The molecule has 28 heavy (non-hydrogen) atoms. The third-order valence-corrected chi connectivity index (χ3v) is 6.12. The van der Waals surface area contributed by atoms with Gasteiger partial charge in [0.15, 0.2) is 16.3 Å². The molecule has 3 aromatic rings. The third-order valence-electron chi connectivity index (χ3n) is 4.48. The molecule has 148 valence electrons. The zero-order chi connectivity index (χ0) is 19.7.